The fourth-order valence-electron chi connectivity index (χ4n) is 2.18. The Labute approximate surface area is 68.7 Å². The minimum atomic E-state index is 0.479. The normalized spacial score (nSPS) is 30.3. The van der Waals surface area contributed by atoms with Crippen LogP contribution in [0.2, 0.25) is 0 Å². The summed E-state index contributed by atoms with van der Waals surface area (Å²) in [7, 11) is 0. The molecule has 1 aliphatic heterocycles. The third kappa shape index (κ3) is 1.57. The second-order valence-corrected chi connectivity index (χ2v) is 4.27. The number of nitrogens with one attached hydrogen (secondary N) is 2. The Bertz CT molecular complexity index is 134. The molecule has 1 saturated heterocycles. The van der Waals surface area contributed by atoms with Crippen molar-refractivity contribution in [3.05, 3.63) is 0 Å². The van der Waals surface area contributed by atoms with Crippen LogP contribution in [0.25, 0.3) is 0 Å². The van der Waals surface area contributed by atoms with E-state index in [4.69, 9.17) is 0 Å². The van der Waals surface area contributed by atoms with Crippen LogP contribution in [0.1, 0.15) is 32.6 Å². The molecule has 0 amide bonds. The molecule has 2 N–H and O–H groups in total. The predicted molar refractivity (Wildman–Crippen MR) is 46.7 cm³/mol. The van der Waals surface area contributed by atoms with Crippen LogP contribution in [-0.2, 0) is 0 Å². The molecular weight excluding hydrogens is 136 g/mol. The van der Waals surface area contributed by atoms with Gasteiger partial charge in [0.25, 0.3) is 0 Å². The minimum absolute atomic E-state index is 0.479. The third-order valence-corrected chi connectivity index (χ3v) is 3.04. The first kappa shape index (κ1) is 7.56. The molecule has 2 rings (SSSR count). The summed E-state index contributed by atoms with van der Waals surface area (Å²) in [6, 6.07) is 0.762. The molecule has 0 radical (unpaired) electrons. The van der Waals surface area contributed by atoms with Crippen molar-refractivity contribution in [3.8, 4) is 0 Å². The molecule has 1 aliphatic carbocycles. The second-order valence-electron chi connectivity index (χ2n) is 4.27. The lowest BCUT2D eigenvalue weighted by atomic mass is 9.98. The third-order valence-electron chi connectivity index (χ3n) is 3.04. The summed E-state index contributed by atoms with van der Waals surface area (Å²) in [5.41, 5.74) is 0.479. The van der Waals surface area contributed by atoms with Crippen LogP contribution < -0.4 is 10.6 Å². The van der Waals surface area contributed by atoms with Crippen LogP contribution in [-0.4, -0.2) is 24.7 Å². The zero-order valence-corrected chi connectivity index (χ0v) is 7.32. The van der Waals surface area contributed by atoms with Crippen molar-refractivity contribution in [2.75, 3.05) is 13.1 Å². The maximum absolute atomic E-state index is 3.73. The van der Waals surface area contributed by atoms with E-state index < -0.39 is 0 Å². The van der Waals surface area contributed by atoms with Gasteiger partial charge in [0.05, 0.1) is 0 Å². The van der Waals surface area contributed by atoms with Crippen molar-refractivity contribution in [1.82, 2.24) is 10.6 Å². The van der Waals surface area contributed by atoms with Gasteiger partial charge in [-0.3, -0.25) is 0 Å². The summed E-state index contributed by atoms with van der Waals surface area (Å²) >= 11 is 0. The first-order valence-electron chi connectivity index (χ1n) is 4.77. The molecule has 64 valence electrons. The van der Waals surface area contributed by atoms with Crippen molar-refractivity contribution in [1.29, 1.82) is 0 Å². The summed E-state index contributed by atoms with van der Waals surface area (Å²) < 4.78 is 0. The van der Waals surface area contributed by atoms with Gasteiger partial charge < -0.3 is 10.6 Å². The van der Waals surface area contributed by atoms with E-state index in [0.29, 0.717) is 5.54 Å². The van der Waals surface area contributed by atoms with E-state index in [1.807, 2.05) is 0 Å². The molecule has 0 atom stereocenters. The van der Waals surface area contributed by atoms with Gasteiger partial charge in [-0.05, 0) is 19.8 Å². The largest absolute Gasteiger partial charge is 0.314 e. The number of hydrogen-bond donors (Lipinski definition) is 2. The maximum Gasteiger partial charge on any atom is 0.0322 e. The van der Waals surface area contributed by atoms with Gasteiger partial charge >= 0.3 is 0 Å². The van der Waals surface area contributed by atoms with Crippen LogP contribution in [0.15, 0.2) is 0 Å². The fraction of sp³-hybridized carbons (Fsp3) is 1.00. The minimum Gasteiger partial charge on any atom is -0.314 e. The van der Waals surface area contributed by atoms with Gasteiger partial charge in [-0.1, -0.05) is 12.8 Å². The van der Waals surface area contributed by atoms with E-state index in [-0.39, 0.29) is 0 Å². The smallest absolute Gasteiger partial charge is 0.0322 e. The van der Waals surface area contributed by atoms with Gasteiger partial charge in [0, 0.05) is 24.7 Å². The Morgan fingerprint density at radius 3 is 2.36 bits per heavy atom. The summed E-state index contributed by atoms with van der Waals surface area (Å²) in [6.07, 6.45) is 5.60. The molecule has 1 heterocycles. The molecule has 2 aliphatic rings. The molecule has 0 aromatic carbocycles. The number of rotatable bonds is 2. The van der Waals surface area contributed by atoms with Crippen molar-refractivity contribution >= 4 is 0 Å². The van der Waals surface area contributed by atoms with Crippen LogP contribution in [0.4, 0.5) is 0 Å². The maximum atomic E-state index is 3.73. The zero-order valence-electron chi connectivity index (χ0n) is 7.32. The molecule has 0 unspecified atom stereocenters. The average molecular weight is 154 g/mol. The van der Waals surface area contributed by atoms with E-state index in [1.165, 1.54) is 38.8 Å². The summed E-state index contributed by atoms with van der Waals surface area (Å²) in [5, 5.41) is 7.02. The molecule has 0 aromatic heterocycles. The highest BCUT2D eigenvalue weighted by atomic mass is 15.1. The Hall–Kier alpha value is -0.0800. The lowest BCUT2D eigenvalue weighted by Gasteiger charge is -2.37. The van der Waals surface area contributed by atoms with Crippen molar-refractivity contribution in [2.24, 2.45) is 0 Å². The van der Waals surface area contributed by atoms with Gasteiger partial charge in [-0.2, -0.15) is 0 Å². The molecular formula is C9H18N2. The molecule has 1 saturated carbocycles. The van der Waals surface area contributed by atoms with Crippen molar-refractivity contribution in [2.45, 2.75) is 44.2 Å². The molecule has 11 heavy (non-hydrogen) atoms. The molecule has 0 aromatic rings. The first-order chi connectivity index (χ1) is 5.29. The summed E-state index contributed by atoms with van der Waals surface area (Å²) in [5.74, 6) is 0. The predicted octanol–water partition coefficient (Wildman–Crippen LogP) is 0.880. The second kappa shape index (κ2) is 2.76. The highest BCUT2D eigenvalue weighted by Gasteiger charge is 2.32. The molecule has 2 fully saturated rings. The Morgan fingerprint density at radius 1 is 1.27 bits per heavy atom. The Morgan fingerprint density at radius 2 is 1.91 bits per heavy atom. The summed E-state index contributed by atoms with van der Waals surface area (Å²) in [4.78, 5) is 0. The molecule has 0 bridgehead atoms. The Balaban J connectivity index is 1.82. The van der Waals surface area contributed by atoms with Crippen LogP contribution >= 0.6 is 0 Å². The average Bonchev–Trinajstić information content (AvgIpc) is 2.29. The van der Waals surface area contributed by atoms with E-state index in [9.17, 15) is 0 Å². The van der Waals surface area contributed by atoms with Gasteiger partial charge in [0.1, 0.15) is 0 Å². The topological polar surface area (TPSA) is 24.1 Å². The van der Waals surface area contributed by atoms with Crippen LogP contribution in [0.3, 0.4) is 0 Å². The Kier molecular flexibility index (Phi) is 1.90. The van der Waals surface area contributed by atoms with E-state index in [2.05, 4.69) is 17.6 Å². The molecule has 2 nitrogen and oxygen atoms in total. The molecule has 2 heteroatoms. The van der Waals surface area contributed by atoms with E-state index >= 15 is 0 Å². The standard InChI is InChI=1S/C9H18N2/c1-9(4-2-3-5-9)11-8-6-10-7-8/h8,10-11H,2-7H2,1H3. The van der Waals surface area contributed by atoms with Gasteiger partial charge in [0.15, 0.2) is 0 Å². The molecule has 0 spiro atoms. The van der Waals surface area contributed by atoms with E-state index in [1.54, 1.807) is 0 Å². The SMILES string of the molecule is CC1(NC2CNC2)CCCC1. The quantitative estimate of drug-likeness (QED) is 0.617. The fourth-order valence-corrected chi connectivity index (χ4v) is 2.18. The van der Waals surface area contributed by atoms with Crippen molar-refractivity contribution in [3.63, 3.8) is 0 Å². The highest BCUT2D eigenvalue weighted by molar-refractivity contribution is 4.94. The first-order valence-corrected chi connectivity index (χ1v) is 4.77. The van der Waals surface area contributed by atoms with Crippen molar-refractivity contribution < 1.29 is 0 Å². The monoisotopic (exact) mass is 154 g/mol. The lowest BCUT2D eigenvalue weighted by Crippen LogP contribution is -2.61. The van der Waals surface area contributed by atoms with Crippen LogP contribution in [0.5, 0.6) is 0 Å². The highest BCUT2D eigenvalue weighted by Crippen LogP contribution is 2.29. The number of hydrogen-bond acceptors (Lipinski definition) is 2. The lowest BCUT2D eigenvalue weighted by molar-refractivity contribution is 0.259. The van der Waals surface area contributed by atoms with Gasteiger partial charge in [0.2, 0.25) is 0 Å². The van der Waals surface area contributed by atoms with E-state index in [0.717, 1.165) is 6.04 Å². The van der Waals surface area contributed by atoms with Gasteiger partial charge in [-0.25, -0.2) is 0 Å². The van der Waals surface area contributed by atoms with Crippen LogP contribution in [0, 0.1) is 0 Å². The van der Waals surface area contributed by atoms with Gasteiger partial charge in [-0.15, -0.1) is 0 Å². The zero-order chi connectivity index (χ0) is 7.73. The summed E-state index contributed by atoms with van der Waals surface area (Å²) in [6.45, 7) is 4.73.